The molecular formula is C10H24N2OS. The molecule has 0 spiro atoms. The Morgan fingerprint density at radius 1 is 1.57 bits per heavy atom. The zero-order chi connectivity index (χ0) is 12.1. The van der Waals surface area contributed by atoms with Gasteiger partial charge in [-0.15, -0.1) is 12.6 Å². The molecule has 0 aromatic carbocycles. The Labute approximate surface area is 93.5 Å². The van der Waals surface area contributed by atoms with Gasteiger partial charge in [0, 0.05) is 10.6 Å². The van der Waals surface area contributed by atoms with Crippen LogP contribution in [0.4, 0.5) is 0 Å². The molecular weight excluding hydrogens is 196 g/mol. The van der Waals surface area contributed by atoms with Crippen LogP contribution in [0.15, 0.2) is 23.3 Å². The summed E-state index contributed by atoms with van der Waals surface area (Å²) in [5, 5.41) is 10.8. The summed E-state index contributed by atoms with van der Waals surface area (Å²) in [7, 11) is 1.70. The van der Waals surface area contributed by atoms with E-state index >= 15 is 0 Å². The Morgan fingerprint density at radius 2 is 1.86 bits per heavy atom. The second kappa shape index (κ2) is 15.0. The Morgan fingerprint density at radius 3 is 1.86 bits per heavy atom. The van der Waals surface area contributed by atoms with E-state index in [0.29, 0.717) is 5.70 Å². The first-order valence-electron chi connectivity index (χ1n) is 4.61. The Bertz CT molecular complexity index is 156. The molecule has 0 radical (unpaired) electrons. The first kappa shape index (κ1) is 19.2. The van der Waals surface area contributed by atoms with Crippen molar-refractivity contribution in [2.24, 2.45) is 5.73 Å². The number of allylic oxidation sites excluding steroid dienone is 1. The molecule has 1 unspecified atom stereocenters. The van der Waals surface area contributed by atoms with Crippen molar-refractivity contribution < 1.29 is 5.11 Å². The third kappa shape index (κ3) is 22.6. The number of rotatable bonds is 2. The lowest BCUT2D eigenvalue weighted by Gasteiger charge is -1.94. The van der Waals surface area contributed by atoms with Crippen molar-refractivity contribution in [1.82, 2.24) is 5.32 Å². The molecule has 0 rings (SSSR count). The molecule has 0 aliphatic carbocycles. The normalized spacial score (nSPS) is 11.5. The molecule has 4 heteroatoms. The van der Waals surface area contributed by atoms with Crippen LogP contribution in [0.1, 0.15) is 27.7 Å². The summed E-state index contributed by atoms with van der Waals surface area (Å²) < 4.78 is 0. The summed E-state index contributed by atoms with van der Waals surface area (Å²) >= 11 is 3.96. The average Bonchev–Trinajstić information content (AvgIpc) is 2.20. The topological polar surface area (TPSA) is 58.3 Å². The quantitative estimate of drug-likeness (QED) is 0.326. The lowest BCUT2D eigenvalue weighted by atomic mass is 10.4. The van der Waals surface area contributed by atoms with E-state index in [1.165, 1.54) is 0 Å². The summed E-state index contributed by atoms with van der Waals surface area (Å²) in [5.41, 5.74) is 5.73. The van der Waals surface area contributed by atoms with Gasteiger partial charge in [0.05, 0.1) is 0 Å². The van der Waals surface area contributed by atoms with Crippen LogP contribution in [0.5, 0.6) is 0 Å². The predicted octanol–water partition coefficient (Wildman–Crippen LogP) is 1.86. The molecule has 0 aromatic heterocycles. The van der Waals surface area contributed by atoms with E-state index in [1.807, 2.05) is 20.8 Å². The van der Waals surface area contributed by atoms with Gasteiger partial charge in [-0.25, -0.2) is 0 Å². The summed E-state index contributed by atoms with van der Waals surface area (Å²) in [5.74, 6) is 0. The van der Waals surface area contributed by atoms with Gasteiger partial charge in [0.15, 0.2) is 0 Å². The molecule has 0 saturated heterocycles. The van der Waals surface area contributed by atoms with Crippen LogP contribution in [0.2, 0.25) is 0 Å². The van der Waals surface area contributed by atoms with E-state index in [4.69, 9.17) is 10.8 Å². The number of hydrogen-bond donors (Lipinski definition) is 4. The van der Waals surface area contributed by atoms with Gasteiger partial charge >= 0.3 is 0 Å². The Hall–Kier alpha value is -0.450. The first-order valence-corrected chi connectivity index (χ1v) is 5.05. The minimum Gasteiger partial charge on any atom is -0.398 e. The maximum Gasteiger partial charge on any atom is 0.101 e. The van der Waals surface area contributed by atoms with Crippen molar-refractivity contribution in [3.05, 3.63) is 23.3 Å². The zero-order valence-electron chi connectivity index (χ0n) is 9.83. The predicted molar refractivity (Wildman–Crippen MR) is 68.2 cm³/mol. The number of nitrogens with one attached hydrogen (secondary N) is 1. The van der Waals surface area contributed by atoms with Crippen molar-refractivity contribution in [3.63, 3.8) is 0 Å². The average molecular weight is 220 g/mol. The molecule has 0 aliphatic heterocycles. The maximum atomic E-state index is 8.25. The molecule has 1 atom stereocenters. The van der Waals surface area contributed by atoms with Gasteiger partial charge in [-0.05, 0) is 20.9 Å². The third-order valence-corrected chi connectivity index (χ3v) is 1.57. The summed E-state index contributed by atoms with van der Waals surface area (Å²) in [6, 6.07) is 0. The van der Waals surface area contributed by atoms with Crippen molar-refractivity contribution in [3.8, 4) is 0 Å². The van der Waals surface area contributed by atoms with Crippen LogP contribution >= 0.6 is 12.6 Å². The third-order valence-electron chi connectivity index (χ3n) is 1.02. The van der Waals surface area contributed by atoms with Crippen LogP contribution in [-0.4, -0.2) is 18.4 Å². The van der Waals surface area contributed by atoms with Crippen molar-refractivity contribution >= 4 is 12.6 Å². The highest BCUT2D eigenvalue weighted by atomic mass is 32.1. The van der Waals surface area contributed by atoms with E-state index in [2.05, 4.69) is 24.5 Å². The maximum absolute atomic E-state index is 8.25. The molecule has 0 fully saturated rings. The number of aliphatic hydroxyl groups is 1. The fourth-order valence-electron chi connectivity index (χ4n) is 0.185. The SMILES string of the molecule is C=C(N)/C(S)=C\C.CC.CNC(C)O. The summed E-state index contributed by atoms with van der Waals surface area (Å²) in [6.45, 7) is 11.0. The highest BCUT2D eigenvalue weighted by Gasteiger charge is 1.83. The molecule has 0 aromatic rings. The van der Waals surface area contributed by atoms with Crippen LogP contribution < -0.4 is 11.1 Å². The molecule has 0 bridgehead atoms. The lowest BCUT2D eigenvalue weighted by Crippen LogP contribution is -2.19. The van der Waals surface area contributed by atoms with E-state index in [1.54, 1.807) is 20.0 Å². The largest absolute Gasteiger partial charge is 0.398 e. The zero-order valence-corrected chi connectivity index (χ0v) is 10.7. The van der Waals surface area contributed by atoms with E-state index in [9.17, 15) is 0 Å². The minimum absolute atomic E-state index is 0.366. The molecule has 0 amide bonds. The number of thiol groups is 1. The molecule has 0 saturated carbocycles. The van der Waals surface area contributed by atoms with Crippen LogP contribution in [0, 0.1) is 0 Å². The number of aliphatic hydroxyl groups excluding tert-OH is 1. The van der Waals surface area contributed by atoms with E-state index in [-0.39, 0.29) is 6.23 Å². The van der Waals surface area contributed by atoms with Crippen molar-refractivity contribution in [1.29, 1.82) is 0 Å². The standard InChI is InChI=1S/C5H9NS.C3H9NO.C2H6/c1-3-5(7)4(2)6;1-3(5)4-2;1-2/h3,7H,2,6H2,1H3;3-5H,1-2H3;1-2H3/b5-3+;;. The van der Waals surface area contributed by atoms with Crippen molar-refractivity contribution in [2.75, 3.05) is 7.05 Å². The van der Waals surface area contributed by atoms with Gasteiger partial charge in [0.1, 0.15) is 6.23 Å². The van der Waals surface area contributed by atoms with E-state index in [0.717, 1.165) is 4.91 Å². The highest BCUT2D eigenvalue weighted by Crippen LogP contribution is 2.03. The molecule has 4 N–H and O–H groups in total. The van der Waals surface area contributed by atoms with Gasteiger partial charge in [0.25, 0.3) is 0 Å². The van der Waals surface area contributed by atoms with Gasteiger partial charge in [-0.3, -0.25) is 5.32 Å². The van der Waals surface area contributed by atoms with Crippen LogP contribution in [-0.2, 0) is 0 Å². The van der Waals surface area contributed by atoms with Crippen LogP contribution in [0.3, 0.4) is 0 Å². The fourth-order valence-corrected chi connectivity index (χ4v) is 0.185. The summed E-state index contributed by atoms with van der Waals surface area (Å²) in [6.07, 6.45) is 1.43. The first-order chi connectivity index (χ1) is 6.45. The second-order valence-corrected chi connectivity index (χ2v) is 2.65. The van der Waals surface area contributed by atoms with Gasteiger partial charge in [-0.1, -0.05) is 26.5 Å². The van der Waals surface area contributed by atoms with Gasteiger partial charge in [0.2, 0.25) is 0 Å². The molecule has 14 heavy (non-hydrogen) atoms. The molecule has 0 heterocycles. The Balaban J connectivity index is -0.000000152. The van der Waals surface area contributed by atoms with Crippen LogP contribution in [0.25, 0.3) is 0 Å². The monoisotopic (exact) mass is 220 g/mol. The Kier molecular flexibility index (Phi) is 20.6. The minimum atomic E-state index is -0.366. The smallest absolute Gasteiger partial charge is 0.101 e. The molecule has 86 valence electrons. The number of nitrogens with two attached hydrogens (primary N) is 1. The fraction of sp³-hybridized carbons (Fsp3) is 0.600. The summed E-state index contributed by atoms with van der Waals surface area (Å²) in [4.78, 5) is 0.750. The molecule has 0 aliphatic rings. The van der Waals surface area contributed by atoms with Gasteiger partial charge < -0.3 is 10.8 Å². The van der Waals surface area contributed by atoms with Gasteiger partial charge in [-0.2, -0.15) is 0 Å². The lowest BCUT2D eigenvalue weighted by molar-refractivity contribution is 0.167. The van der Waals surface area contributed by atoms with E-state index < -0.39 is 0 Å². The second-order valence-electron chi connectivity index (χ2n) is 2.16. The molecule has 3 nitrogen and oxygen atoms in total. The van der Waals surface area contributed by atoms with Crippen molar-refractivity contribution in [2.45, 2.75) is 33.9 Å². The highest BCUT2D eigenvalue weighted by molar-refractivity contribution is 7.84. The number of hydrogen-bond acceptors (Lipinski definition) is 4.